The minimum absolute atomic E-state index is 0. The van der Waals surface area contributed by atoms with E-state index >= 15 is 0 Å². The van der Waals surface area contributed by atoms with Crippen LogP contribution in [-0.4, -0.2) is 43.1 Å². The van der Waals surface area contributed by atoms with Gasteiger partial charge in [0, 0.05) is 18.6 Å². The van der Waals surface area contributed by atoms with Gasteiger partial charge >= 0.3 is 0 Å². The average Bonchev–Trinajstić information content (AvgIpc) is 2.66. The van der Waals surface area contributed by atoms with Gasteiger partial charge in [-0.05, 0) is 33.2 Å². The topological polar surface area (TPSA) is 53.6 Å². The lowest BCUT2D eigenvalue weighted by molar-refractivity contribution is 0.259. The van der Waals surface area contributed by atoms with Crippen LogP contribution in [0.4, 0.5) is 0 Å². The minimum Gasteiger partial charge on any atom is -0.370 e. The summed E-state index contributed by atoms with van der Waals surface area (Å²) in [6, 6.07) is 1.16. The molecule has 1 fully saturated rings. The van der Waals surface area contributed by atoms with Crippen LogP contribution >= 0.6 is 24.0 Å². The molecule has 1 rings (SSSR count). The van der Waals surface area contributed by atoms with Gasteiger partial charge in [-0.25, -0.2) is 0 Å². The molecule has 0 radical (unpaired) electrons. The number of nitrogens with two attached hydrogens (primary N) is 1. The quantitative estimate of drug-likeness (QED) is 0.314. The molecule has 0 aliphatic heterocycles. The zero-order chi connectivity index (χ0) is 14.1. The maximum atomic E-state index is 5.97. The number of likely N-dealkylation sites (N-methyl/N-ethyl adjacent to an activating group) is 1. The molecule has 1 aliphatic rings. The second kappa shape index (κ2) is 11.6. The molecule has 3 N–H and O–H groups in total. The van der Waals surface area contributed by atoms with Gasteiger partial charge in [-0.3, -0.25) is 4.99 Å². The molecule has 0 spiro atoms. The fourth-order valence-corrected chi connectivity index (χ4v) is 2.54. The van der Waals surface area contributed by atoms with Crippen molar-refractivity contribution in [2.45, 2.75) is 70.9 Å². The van der Waals surface area contributed by atoms with Crippen molar-refractivity contribution in [1.29, 1.82) is 0 Å². The first kappa shape index (κ1) is 20.0. The summed E-state index contributed by atoms with van der Waals surface area (Å²) in [6.07, 6.45) is 9.04. The minimum atomic E-state index is 0. The van der Waals surface area contributed by atoms with Gasteiger partial charge in [-0.1, -0.05) is 32.6 Å². The standard InChI is InChI=1S/C15H32N4.HI/c1-4-13(2)19(3)12-11-17-15(16)18-14-9-7-5-6-8-10-14;/h13-14H,4-12H2,1-3H3,(H3,16,17,18);1H. The van der Waals surface area contributed by atoms with Crippen molar-refractivity contribution in [3.8, 4) is 0 Å². The van der Waals surface area contributed by atoms with E-state index in [1.54, 1.807) is 0 Å². The molecule has 1 aliphatic carbocycles. The lowest BCUT2D eigenvalue weighted by Gasteiger charge is -2.22. The summed E-state index contributed by atoms with van der Waals surface area (Å²) in [5.41, 5.74) is 5.97. The Balaban J connectivity index is 0.00000361. The fraction of sp³-hybridized carbons (Fsp3) is 0.933. The first-order chi connectivity index (χ1) is 9.13. The van der Waals surface area contributed by atoms with Gasteiger partial charge in [0.25, 0.3) is 0 Å². The van der Waals surface area contributed by atoms with Crippen molar-refractivity contribution >= 4 is 29.9 Å². The van der Waals surface area contributed by atoms with E-state index in [2.05, 4.69) is 36.1 Å². The molecule has 5 heteroatoms. The van der Waals surface area contributed by atoms with Gasteiger partial charge in [-0.2, -0.15) is 0 Å². The van der Waals surface area contributed by atoms with Crippen molar-refractivity contribution < 1.29 is 0 Å². The third-order valence-corrected chi connectivity index (χ3v) is 4.29. The highest BCUT2D eigenvalue weighted by atomic mass is 127. The van der Waals surface area contributed by atoms with E-state index in [1.807, 2.05) is 0 Å². The Hall–Kier alpha value is -0.0400. The summed E-state index contributed by atoms with van der Waals surface area (Å²) in [4.78, 5) is 6.78. The van der Waals surface area contributed by atoms with Gasteiger partial charge < -0.3 is 16.0 Å². The first-order valence-corrected chi connectivity index (χ1v) is 7.90. The first-order valence-electron chi connectivity index (χ1n) is 7.90. The lowest BCUT2D eigenvalue weighted by atomic mass is 10.1. The van der Waals surface area contributed by atoms with Crippen molar-refractivity contribution in [3.05, 3.63) is 0 Å². The number of rotatable bonds is 6. The Morgan fingerprint density at radius 1 is 1.30 bits per heavy atom. The summed E-state index contributed by atoms with van der Waals surface area (Å²) in [6.45, 7) is 6.22. The molecule has 4 nitrogen and oxygen atoms in total. The second-order valence-electron chi connectivity index (χ2n) is 5.84. The van der Waals surface area contributed by atoms with Crippen molar-refractivity contribution in [2.75, 3.05) is 20.1 Å². The Kier molecular flexibility index (Phi) is 11.6. The largest absolute Gasteiger partial charge is 0.370 e. The van der Waals surface area contributed by atoms with Gasteiger partial charge in [0.1, 0.15) is 0 Å². The number of nitrogens with one attached hydrogen (secondary N) is 1. The smallest absolute Gasteiger partial charge is 0.188 e. The fourth-order valence-electron chi connectivity index (χ4n) is 2.54. The highest BCUT2D eigenvalue weighted by molar-refractivity contribution is 14.0. The van der Waals surface area contributed by atoms with Crippen molar-refractivity contribution in [1.82, 2.24) is 10.2 Å². The summed E-state index contributed by atoms with van der Waals surface area (Å²) in [7, 11) is 2.15. The van der Waals surface area contributed by atoms with E-state index in [9.17, 15) is 0 Å². The van der Waals surface area contributed by atoms with E-state index in [0.717, 1.165) is 13.1 Å². The van der Waals surface area contributed by atoms with Crippen molar-refractivity contribution in [3.63, 3.8) is 0 Å². The molecular weight excluding hydrogens is 363 g/mol. The van der Waals surface area contributed by atoms with Gasteiger partial charge in [-0.15, -0.1) is 24.0 Å². The predicted octanol–water partition coefficient (Wildman–Crippen LogP) is 2.96. The van der Waals surface area contributed by atoms with Crippen LogP contribution in [0.2, 0.25) is 0 Å². The normalized spacial score (nSPS) is 19.3. The third kappa shape index (κ3) is 8.29. The van der Waals surface area contributed by atoms with Crippen LogP contribution in [0, 0.1) is 0 Å². The van der Waals surface area contributed by atoms with Crippen LogP contribution in [-0.2, 0) is 0 Å². The number of nitrogens with zero attached hydrogens (tertiary/aromatic N) is 2. The number of hydrogen-bond acceptors (Lipinski definition) is 2. The molecule has 1 saturated carbocycles. The van der Waals surface area contributed by atoms with Gasteiger partial charge in [0.15, 0.2) is 5.96 Å². The molecule has 0 amide bonds. The Morgan fingerprint density at radius 3 is 2.45 bits per heavy atom. The molecule has 0 aromatic carbocycles. The molecule has 0 saturated heterocycles. The zero-order valence-electron chi connectivity index (χ0n) is 13.4. The monoisotopic (exact) mass is 396 g/mol. The van der Waals surface area contributed by atoms with Gasteiger partial charge in [0.05, 0.1) is 6.54 Å². The molecule has 1 atom stereocenters. The highest BCUT2D eigenvalue weighted by Crippen LogP contribution is 2.16. The molecular formula is C15H33IN4. The maximum Gasteiger partial charge on any atom is 0.188 e. The number of guanidine groups is 1. The summed E-state index contributed by atoms with van der Waals surface area (Å²) < 4.78 is 0. The third-order valence-electron chi connectivity index (χ3n) is 4.29. The molecule has 120 valence electrons. The van der Waals surface area contributed by atoms with Crippen LogP contribution in [0.3, 0.4) is 0 Å². The predicted molar refractivity (Wildman–Crippen MR) is 98.9 cm³/mol. The SMILES string of the molecule is CCC(C)N(C)CCN=C(N)NC1CCCCCC1.I. The average molecular weight is 396 g/mol. The number of hydrogen-bond donors (Lipinski definition) is 2. The molecule has 0 heterocycles. The second-order valence-corrected chi connectivity index (χ2v) is 5.84. The van der Waals surface area contributed by atoms with Crippen LogP contribution in [0.15, 0.2) is 4.99 Å². The number of halogens is 1. The molecule has 0 aromatic heterocycles. The van der Waals surface area contributed by atoms with E-state index in [1.165, 1.54) is 44.9 Å². The van der Waals surface area contributed by atoms with E-state index < -0.39 is 0 Å². The van der Waals surface area contributed by atoms with Gasteiger partial charge in [0.2, 0.25) is 0 Å². The molecule has 0 bridgehead atoms. The lowest BCUT2D eigenvalue weighted by Crippen LogP contribution is -2.40. The highest BCUT2D eigenvalue weighted by Gasteiger charge is 2.12. The molecule has 0 aromatic rings. The number of aliphatic imine (C=N–C) groups is 1. The van der Waals surface area contributed by atoms with Crippen LogP contribution in [0.1, 0.15) is 58.8 Å². The maximum absolute atomic E-state index is 5.97. The Labute approximate surface area is 142 Å². The Morgan fingerprint density at radius 2 is 1.90 bits per heavy atom. The van der Waals surface area contributed by atoms with Crippen LogP contribution in [0.25, 0.3) is 0 Å². The van der Waals surface area contributed by atoms with E-state index in [-0.39, 0.29) is 24.0 Å². The zero-order valence-corrected chi connectivity index (χ0v) is 15.7. The molecule has 20 heavy (non-hydrogen) atoms. The van der Waals surface area contributed by atoms with Crippen LogP contribution in [0.5, 0.6) is 0 Å². The Bertz CT molecular complexity index is 263. The summed E-state index contributed by atoms with van der Waals surface area (Å²) in [5, 5.41) is 3.39. The van der Waals surface area contributed by atoms with E-state index in [0.29, 0.717) is 18.0 Å². The molecule has 1 unspecified atom stereocenters. The van der Waals surface area contributed by atoms with Crippen LogP contribution < -0.4 is 11.1 Å². The van der Waals surface area contributed by atoms with E-state index in [4.69, 9.17) is 5.73 Å². The summed E-state index contributed by atoms with van der Waals surface area (Å²) in [5.74, 6) is 0.629. The van der Waals surface area contributed by atoms with Crippen molar-refractivity contribution in [2.24, 2.45) is 10.7 Å². The summed E-state index contributed by atoms with van der Waals surface area (Å²) >= 11 is 0.